The molecule has 0 bridgehead atoms. The molecule has 1 heterocycles. The molecular formula is C23H25N3O3S. The highest BCUT2D eigenvalue weighted by Gasteiger charge is 2.25. The first-order valence-corrected chi connectivity index (χ1v) is 12.1. The van der Waals surface area contributed by atoms with Crippen LogP contribution in [-0.2, 0) is 22.0 Å². The van der Waals surface area contributed by atoms with E-state index in [9.17, 15) is 13.2 Å². The lowest BCUT2D eigenvalue weighted by Crippen LogP contribution is -2.22. The van der Waals surface area contributed by atoms with Gasteiger partial charge in [-0.25, -0.2) is 13.1 Å². The number of sulfone groups is 1. The van der Waals surface area contributed by atoms with Crippen LogP contribution in [0, 0.1) is 6.92 Å². The molecule has 0 radical (unpaired) electrons. The highest BCUT2D eigenvalue weighted by molar-refractivity contribution is 7.89. The smallest absolute Gasteiger partial charge is 0.256 e. The summed E-state index contributed by atoms with van der Waals surface area (Å²) in [5.74, 6) is 0.416. The minimum absolute atomic E-state index is 0.0398. The van der Waals surface area contributed by atoms with Crippen LogP contribution in [0.5, 0.6) is 0 Å². The molecule has 30 heavy (non-hydrogen) atoms. The van der Waals surface area contributed by atoms with Gasteiger partial charge < -0.3 is 5.32 Å². The summed E-state index contributed by atoms with van der Waals surface area (Å²) in [6, 6.07) is 15.2. The Bertz CT molecular complexity index is 1180. The Morgan fingerprint density at radius 1 is 1.17 bits per heavy atom. The number of carbonyl (C=O) groups excluding carboxylic acids is 1. The second-order valence-electron chi connectivity index (χ2n) is 7.95. The van der Waals surface area contributed by atoms with Gasteiger partial charge in [0.25, 0.3) is 5.91 Å². The third-order valence-corrected chi connectivity index (χ3v) is 6.35. The number of carbonyl (C=O) groups is 1. The van der Waals surface area contributed by atoms with Gasteiger partial charge in [0.1, 0.15) is 5.82 Å². The van der Waals surface area contributed by atoms with E-state index in [1.807, 2.05) is 17.7 Å². The average molecular weight is 424 g/mol. The first-order valence-electron chi connectivity index (χ1n) is 10.0. The van der Waals surface area contributed by atoms with Gasteiger partial charge in [0, 0.05) is 17.4 Å². The SMILES string of the molecule is Cc1cnn(C2CCCc3ccccc32)c1NC(=O)c1ccc(CS(C)(=O)=O)cc1. The first-order chi connectivity index (χ1) is 14.3. The fraction of sp³-hybridized carbons (Fsp3) is 0.304. The molecule has 0 saturated heterocycles. The van der Waals surface area contributed by atoms with E-state index >= 15 is 0 Å². The number of amides is 1. The summed E-state index contributed by atoms with van der Waals surface area (Å²) >= 11 is 0. The molecule has 0 saturated carbocycles. The highest BCUT2D eigenvalue weighted by atomic mass is 32.2. The van der Waals surface area contributed by atoms with Crippen molar-refractivity contribution in [1.29, 1.82) is 0 Å². The van der Waals surface area contributed by atoms with E-state index in [1.165, 1.54) is 17.4 Å². The van der Waals surface area contributed by atoms with Crippen LogP contribution in [0.2, 0.25) is 0 Å². The summed E-state index contributed by atoms with van der Waals surface area (Å²) in [5.41, 5.74) is 4.63. The number of hydrogen-bond donors (Lipinski definition) is 1. The van der Waals surface area contributed by atoms with Crippen LogP contribution in [0.1, 0.15) is 51.5 Å². The zero-order valence-corrected chi connectivity index (χ0v) is 17.9. The third kappa shape index (κ3) is 4.31. The van der Waals surface area contributed by atoms with Crippen molar-refractivity contribution in [3.8, 4) is 0 Å². The maximum Gasteiger partial charge on any atom is 0.256 e. The van der Waals surface area contributed by atoms with Gasteiger partial charge in [-0.1, -0.05) is 36.4 Å². The van der Waals surface area contributed by atoms with Gasteiger partial charge in [-0.2, -0.15) is 5.10 Å². The van der Waals surface area contributed by atoms with Crippen LogP contribution in [0.15, 0.2) is 54.7 Å². The highest BCUT2D eigenvalue weighted by Crippen LogP contribution is 2.35. The Morgan fingerprint density at radius 3 is 2.63 bits per heavy atom. The molecule has 1 unspecified atom stereocenters. The minimum Gasteiger partial charge on any atom is -0.307 e. The molecule has 0 spiro atoms. The lowest BCUT2D eigenvalue weighted by molar-refractivity contribution is 0.102. The molecule has 2 aromatic carbocycles. The Labute approximate surface area is 176 Å². The predicted octanol–water partition coefficient (Wildman–Crippen LogP) is 3.91. The van der Waals surface area contributed by atoms with Crippen molar-refractivity contribution in [2.75, 3.05) is 11.6 Å². The van der Waals surface area contributed by atoms with Crippen molar-refractivity contribution >= 4 is 21.6 Å². The second kappa shape index (κ2) is 8.07. The predicted molar refractivity (Wildman–Crippen MR) is 117 cm³/mol. The quantitative estimate of drug-likeness (QED) is 0.675. The zero-order valence-electron chi connectivity index (χ0n) is 17.1. The summed E-state index contributed by atoms with van der Waals surface area (Å²) < 4.78 is 24.8. The molecule has 156 valence electrons. The monoisotopic (exact) mass is 423 g/mol. The molecule has 1 aliphatic rings. The van der Waals surface area contributed by atoms with Crippen LogP contribution < -0.4 is 5.32 Å². The normalized spacial score (nSPS) is 16.1. The Kier molecular flexibility index (Phi) is 5.47. The molecule has 1 amide bonds. The van der Waals surface area contributed by atoms with E-state index in [4.69, 9.17) is 0 Å². The van der Waals surface area contributed by atoms with Crippen LogP contribution in [0.4, 0.5) is 5.82 Å². The van der Waals surface area contributed by atoms with Gasteiger partial charge in [-0.15, -0.1) is 0 Å². The van der Waals surface area contributed by atoms with Gasteiger partial charge >= 0.3 is 0 Å². The molecule has 6 nitrogen and oxygen atoms in total. The van der Waals surface area contributed by atoms with Crippen LogP contribution in [0.25, 0.3) is 0 Å². The fourth-order valence-corrected chi connectivity index (χ4v) is 4.86. The van der Waals surface area contributed by atoms with Crippen LogP contribution >= 0.6 is 0 Å². The van der Waals surface area contributed by atoms with Gasteiger partial charge in [0.2, 0.25) is 0 Å². The van der Waals surface area contributed by atoms with Crippen molar-refractivity contribution in [2.24, 2.45) is 0 Å². The maximum absolute atomic E-state index is 12.9. The number of benzene rings is 2. The van der Waals surface area contributed by atoms with E-state index in [1.54, 1.807) is 30.5 Å². The van der Waals surface area contributed by atoms with Crippen molar-refractivity contribution in [1.82, 2.24) is 9.78 Å². The van der Waals surface area contributed by atoms with Gasteiger partial charge in [0.05, 0.1) is 18.0 Å². The lowest BCUT2D eigenvalue weighted by Gasteiger charge is -2.27. The molecular weight excluding hydrogens is 398 g/mol. The lowest BCUT2D eigenvalue weighted by atomic mass is 9.88. The zero-order chi connectivity index (χ0) is 21.3. The van der Waals surface area contributed by atoms with Crippen LogP contribution in [0.3, 0.4) is 0 Å². The summed E-state index contributed by atoms with van der Waals surface area (Å²) in [5, 5.41) is 7.59. The van der Waals surface area contributed by atoms with Crippen molar-refractivity contribution in [3.63, 3.8) is 0 Å². The second-order valence-corrected chi connectivity index (χ2v) is 10.1. The molecule has 3 aromatic rings. The number of nitrogens with zero attached hydrogens (tertiary/aromatic N) is 2. The molecule has 1 atom stereocenters. The number of anilines is 1. The topological polar surface area (TPSA) is 81.1 Å². The number of fused-ring (bicyclic) bond motifs is 1. The Morgan fingerprint density at radius 2 is 1.90 bits per heavy atom. The first kappa shape index (κ1) is 20.3. The molecule has 7 heteroatoms. The molecule has 4 rings (SSSR count). The Balaban J connectivity index is 1.58. The number of rotatable bonds is 5. The van der Waals surface area contributed by atoms with Crippen LogP contribution in [-0.4, -0.2) is 30.4 Å². The fourth-order valence-electron chi connectivity index (χ4n) is 4.06. The minimum atomic E-state index is -3.11. The van der Waals surface area contributed by atoms with Gasteiger partial charge in [-0.05, 0) is 55.0 Å². The van der Waals surface area contributed by atoms with Crippen molar-refractivity contribution < 1.29 is 13.2 Å². The van der Waals surface area contributed by atoms with E-state index in [2.05, 4.69) is 28.6 Å². The molecule has 1 aliphatic carbocycles. The van der Waals surface area contributed by atoms with Gasteiger partial charge in [-0.3, -0.25) is 4.79 Å². The third-order valence-electron chi connectivity index (χ3n) is 5.49. The summed E-state index contributed by atoms with van der Waals surface area (Å²) in [6.07, 6.45) is 6.09. The van der Waals surface area contributed by atoms with E-state index in [-0.39, 0.29) is 17.7 Å². The van der Waals surface area contributed by atoms with E-state index < -0.39 is 9.84 Å². The molecule has 1 N–H and O–H groups in total. The van der Waals surface area contributed by atoms with Gasteiger partial charge in [0.15, 0.2) is 9.84 Å². The number of aromatic nitrogens is 2. The van der Waals surface area contributed by atoms with E-state index in [0.717, 1.165) is 24.8 Å². The van der Waals surface area contributed by atoms with E-state index in [0.29, 0.717) is 16.9 Å². The maximum atomic E-state index is 12.9. The summed E-state index contributed by atoms with van der Waals surface area (Å²) in [4.78, 5) is 12.9. The summed E-state index contributed by atoms with van der Waals surface area (Å²) in [6.45, 7) is 1.93. The number of hydrogen-bond acceptors (Lipinski definition) is 4. The molecule has 1 aromatic heterocycles. The Hall–Kier alpha value is -2.93. The largest absolute Gasteiger partial charge is 0.307 e. The summed E-state index contributed by atoms with van der Waals surface area (Å²) in [7, 11) is -3.11. The number of aryl methyl sites for hydroxylation is 2. The molecule has 0 aliphatic heterocycles. The average Bonchev–Trinajstić information content (AvgIpc) is 3.07. The molecule has 0 fully saturated rings. The van der Waals surface area contributed by atoms with Crippen molar-refractivity contribution in [3.05, 3.63) is 82.5 Å². The van der Waals surface area contributed by atoms with Crippen molar-refractivity contribution in [2.45, 2.75) is 38.0 Å². The number of nitrogens with one attached hydrogen (secondary N) is 1. The standard InChI is InChI=1S/C23H25N3O3S/c1-16-14-24-26(21-9-5-7-18-6-3-4-8-20(18)21)22(16)25-23(27)19-12-10-17(11-13-19)15-30(2,28)29/h3-4,6,8,10-14,21H,5,7,9,15H2,1-2H3,(H,25,27).